The molecular formula is C22H18Cl2N2O2. The standard InChI is InChI=1S/C22H18Cl2N2O2/c1-2-14-3-5-15(6-4-14)21-20-17(9-11-26(21)22(27)28-12-10-23)18-13-16(24)7-8-19(18)25-20/h1,3-8,13,21,25H,9-12H2. The summed E-state index contributed by atoms with van der Waals surface area (Å²) in [6.45, 7) is 0.712. The normalized spacial score (nSPS) is 15.9. The van der Waals surface area contributed by atoms with Crippen molar-refractivity contribution in [1.29, 1.82) is 0 Å². The van der Waals surface area contributed by atoms with Crippen LogP contribution in [0.2, 0.25) is 5.02 Å². The highest BCUT2D eigenvalue weighted by atomic mass is 35.5. The molecule has 0 saturated carbocycles. The lowest BCUT2D eigenvalue weighted by atomic mass is 9.92. The smallest absolute Gasteiger partial charge is 0.410 e. The Balaban J connectivity index is 1.83. The van der Waals surface area contributed by atoms with Gasteiger partial charge in [0.25, 0.3) is 0 Å². The molecule has 0 radical (unpaired) electrons. The molecular weight excluding hydrogens is 395 g/mol. The van der Waals surface area contributed by atoms with Crippen LogP contribution in [0.5, 0.6) is 0 Å². The second-order valence-electron chi connectivity index (χ2n) is 6.62. The van der Waals surface area contributed by atoms with Gasteiger partial charge >= 0.3 is 6.09 Å². The van der Waals surface area contributed by atoms with Gasteiger partial charge in [-0.1, -0.05) is 29.7 Å². The van der Waals surface area contributed by atoms with E-state index in [0.29, 0.717) is 18.0 Å². The largest absolute Gasteiger partial charge is 0.448 e. The molecule has 1 amide bonds. The Morgan fingerprint density at radius 3 is 2.79 bits per heavy atom. The molecule has 0 fully saturated rings. The number of ether oxygens (including phenoxy) is 1. The van der Waals surface area contributed by atoms with E-state index in [-0.39, 0.29) is 24.6 Å². The molecule has 1 aliphatic rings. The molecule has 3 aromatic rings. The summed E-state index contributed by atoms with van der Waals surface area (Å²) < 4.78 is 5.32. The average Bonchev–Trinajstić information content (AvgIpc) is 3.09. The van der Waals surface area contributed by atoms with Gasteiger partial charge in [0.15, 0.2) is 0 Å². The number of aromatic nitrogens is 1. The van der Waals surface area contributed by atoms with E-state index < -0.39 is 0 Å². The van der Waals surface area contributed by atoms with Crippen LogP contribution in [0.1, 0.15) is 28.4 Å². The molecule has 1 aliphatic heterocycles. The highest BCUT2D eigenvalue weighted by Gasteiger charge is 2.35. The van der Waals surface area contributed by atoms with Gasteiger partial charge < -0.3 is 9.72 Å². The number of nitrogens with one attached hydrogen (secondary N) is 1. The molecule has 6 heteroatoms. The van der Waals surface area contributed by atoms with Crippen molar-refractivity contribution in [2.45, 2.75) is 12.5 Å². The van der Waals surface area contributed by atoms with Gasteiger partial charge in [-0.05, 0) is 47.9 Å². The summed E-state index contributed by atoms with van der Waals surface area (Å²) in [7, 11) is 0. The number of rotatable bonds is 3. The molecule has 0 saturated heterocycles. The fourth-order valence-electron chi connectivity index (χ4n) is 3.77. The minimum absolute atomic E-state index is 0.175. The Morgan fingerprint density at radius 1 is 1.29 bits per heavy atom. The topological polar surface area (TPSA) is 45.3 Å². The monoisotopic (exact) mass is 412 g/mol. The first-order chi connectivity index (χ1) is 13.6. The van der Waals surface area contributed by atoms with E-state index in [1.165, 1.54) is 5.56 Å². The molecule has 2 aromatic carbocycles. The molecule has 142 valence electrons. The van der Waals surface area contributed by atoms with Crippen molar-refractivity contribution in [3.05, 3.63) is 69.9 Å². The second kappa shape index (κ2) is 7.79. The van der Waals surface area contributed by atoms with E-state index in [2.05, 4.69) is 10.9 Å². The molecule has 1 aromatic heterocycles. The maximum Gasteiger partial charge on any atom is 0.410 e. The summed E-state index contributed by atoms with van der Waals surface area (Å²) >= 11 is 11.9. The molecule has 4 nitrogen and oxygen atoms in total. The molecule has 28 heavy (non-hydrogen) atoms. The third kappa shape index (κ3) is 3.32. The third-order valence-electron chi connectivity index (χ3n) is 5.02. The quantitative estimate of drug-likeness (QED) is 0.478. The van der Waals surface area contributed by atoms with E-state index in [0.717, 1.165) is 27.7 Å². The first-order valence-electron chi connectivity index (χ1n) is 8.98. The number of hydrogen-bond acceptors (Lipinski definition) is 2. The Bertz CT molecular complexity index is 1070. The van der Waals surface area contributed by atoms with Crippen LogP contribution in [0.25, 0.3) is 10.9 Å². The number of terminal acetylenes is 1. The minimum Gasteiger partial charge on any atom is -0.448 e. The number of H-pyrrole nitrogens is 1. The van der Waals surface area contributed by atoms with Crippen molar-refractivity contribution in [3.8, 4) is 12.3 Å². The number of carbonyl (C=O) groups is 1. The van der Waals surface area contributed by atoms with Crippen LogP contribution in [-0.4, -0.2) is 35.0 Å². The average molecular weight is 413 g/mol. The SMILES string of the molecule is C#Cc1ccc(C2c3[nH]c4ccc(Cl)cc4c3CCN2C(=O)OCCCl)cc1. The van der Waals surface area contributed by atoms with Gasteiger partial charge in [0.2, 0.25) is 0 Å². The van der Waals surface area contributed by atoms with Gasteiger partial charge in [0.1, 0.15) is 12.6 Å². The summed E-state index contributed by atoms with van der Waals surface area (Å²) in [5.41, 5.74) is 4.89. The summed E-state index contributed by atoms with van der Waals surface area (Å²) in [4.78, 5) is 17.9. The molecule has 0 spiro atoms. The van der Waals surface area contributed by atoms with E-state index in [4.69, 9.17) is 34.4 Å². The Morgan fingerprint density at radius 2 is 2.07 bits per heavy atom. The lowest BCUT2D eigenvalue weighted by Gasteiger charge is -2.35. The number of aromatic amines is 1. The predicted molar refractivity (Wildman–Crippen MR) is 112 cm³/mol. The number of amides is 1. The summed E-state index contributed by atoms with van der Waals surface area (Å²) in [5, 5.41) is 1.77. The Labute approximate surface area is 173 Å². The van der Waals surface area contributed by atoms with Crippen LogP contribution in [-0.2, 0) is 11.2 Å². The Kier molecular flexibility index (Phi) is 5.21. The zero-order chi connectivity index (χ0) is 19.7. The third-order valence-corrected chi connectivity index (χ3v) is 5.41. The highest BCUT2D eigenvalue weighted by molar-refractivity contribution is 6.31. The maximum atomic E-state index is 12.7. The van der Waals surface area contributed by atoms with Gasteiger partial charge in [-0.2, -0.15) is 0 Å². The van der Waals surface area contributed by atoms with Crippen molar-refractivity contribution in [2.24, 2.45) is 0 Å². The van der Waals surface area contributed by atoms with Gasteiger partial charge in [-0.25, -0.2) is 4.79 Å². The summed E-state index contributed by atoms with van der Waals surface area (Å²) in [5.74, 6) is 2.88. The molecule has 4 rings (SSSR count). The van der Waals surface area contributed by atoms with E-state index >= 15 is 0 Å². The second-order valence-corrected chi connectivity index (χ2v) is 7.44. The molecule has 0 bridgehead atoms. The minimum atomic E-state index is -0.381. The Hall–Kier alpha value is -2.61. The van der Waals surface area contributed by atoms with Crippen LogP contribution in [0.3, 0.4) is 0 Å². The van der Waals surface area contributed by atoms with E-state index in [1.54, 1.807) is 4.90 Å². The summed E-state index contributed by atoms with van der Waals surface area (Å²) in [6, 6.07) is 13.2. The number of nitrogens with zero attached hydrogens (tertiary/aromatic N) is 1. The van der Waals surface area contributed by atoms with Crippen LogP contribution in [0, 0.1) is 12.3 Å². The molecule has 1 N–H and O–H groups in total. The van der Waals surface area contributed by atoms with Crippen molar-refractivity contribution in [1.82, 2.24) is 9.88 Å². The van der Waals surface area contributed by atoms with Crippen LogP contribution >= 0.6 is 23.2 Å². The zero-order valence-corrected chi connectivity index (χ0v) is 16.6. The molecule has 1 atom stereocenters. The first kappa shape index (κ1) is 18.7. The van der Waals surface area contributed by atoms with Gasteiger partial charge in [-0.3, -0.25) is 4.90 Å². The highest BCUT2D eigenvalue weighted by Crippen LogP contribution is 2.39. The lowest BCUT2D eigenvalue weighted by molar-refractivity contribution is 0.0938. The van der Waals surface area contributed by atoms with Crippen molar-refractivity contribution in [3.63, 3.8) is 0 Å². The van der Waals surface area contributed by atoms with Crippen LogP contribution < -0.4 is 0 Å². The number of alkyl halides is 1. The predicted octanol–water partition coefficient (Wildman–Crippen LogP) is 5.13. The number of carbonyl (C=O) groups excluding carboxylic acids is 1. The lowest BCUT2D eigenvalue weighted by Crippen LogP contribution is -2.41. The maximum absolute atomic E-state index is 12.7. The number of halogens is 2. The van der Waals surface area contributed by atoms with Crippen molar-refractivity contribution < 1.29 is 9.53 Å². The van der Waals surface area contributed by atoms with Gasteiger partial charge in [0, 0.05) is 33.7 Å². The number of fused-ring (bicyclic) bond motifs is 3. The molecule has 1 unspecified atom stereocenters. The number of benzene rings is 2. The van der Waals surface area contributed by atoms with Crippen molar-refractivity contribution in [2.75, 3.05) is 19.0 Å². The van der Waals surface area contributed by atoms with E-state index in [9.17, 15) is 4.79 Å². The molecule has 2 heterocycles. The van der Waals surface area contributed by atoms with Crippen LogP contribution in [0.4, 0.5) is 4.79 Å². The van der Waals surface area contributed by atoms with Gasteiger partial charge in [-0.15, -0.1) is 18.0 Å². The number of hydrogen-bond donors (Lipinski definition) is 1. The van der Waals surface area contributed by atoms with Gasteiger partial charge in [0.05, 0.1) is 5.88 Å². The fourth-order valence-corrected chi connectivity index (χ4v) is 4.02. The zero-order valence-electron chi connectivity index (χ0n) is 15.0. The summed E-state index contributed by atoms with van der Waals surface area (Å²) in [6.07, 6.45) is 5.82. The van der Waals surface area contributed by atoms with E-state index in [1.807, 2.05) is 42.5 Å². The fraction of sp³-hybridized carbons (Fsp3) is 0.227. The van der Waals surface area contributed by atoms with Crippen molar-refractivity contribution >= 4 is 40.2 Å². The van der Waals surface area contributed by atoms with Crippen LogP contribution in [0.15, 0.2) is 42.5 Å². The first-order valence-corrected chi connectivity index (χ1v) is 9.89. The molecule has 0 aliphatic carbocycles.